The van der Waals surface area contributed by atoms with E-state index in [0.717, 1.165) is 12.3 Å². The summed E-state index contributed by atoms with van der Waals surface area (Å²) >= 11 is 5.97. The number of aromatic nitrogens is 1. The van der Waals surface area contributed by atoms with E-state index in [1.54, 1.807) is 23.9 Å². The molecule has 0 spiro atoms. The van der Waals surface area contributed by atoms with Crippen LogP contribution in [0.5, 0.6) is 0 Å². The van der Waals surface area contributed by atoms with Gasteiger partial charge in [-0.15, -0.1) is 0 Å². The van der Waals surface area contributed by atoms with Gasteiger partial charge in [-0.3, -0.25) is 9.59 Å². The van der Waals surface area contributed by atoms with Crippen LogP contribution < -0.4 is 4.90 Å². The summed E-state index contributed by atoms with van der Waals surface area (Å²) in [6, 6.07) is 0.842. The summed E-state index contributed by atoms with van der Waals surface area (Å²) in [5, 5.41) is -0.0958. The zero-order valence-electron chi connectivity index (χ0n) is 15.2. The number of anilines is 1. The van der Waals surface area contributed by atoms with Crippen molar-refractivity contribution >= 4 is 29.1 Å². The number of pyridine rings is 1. The van der Waals surface area contributed by atoms with E-state index in [1.165, 1.54) is 18.0 Å². The van der Waals surface area contributed by atoms with Gasteiger partial charge in [-0.2, -0.15) is 13.2 Å². The Bertz CT molecular complexity index is 757. The lowest BCUT2D eigenvalue weighted by molar-refractivity contribution is -0.138. The van der Waals surface area contributed by atoms with Crippen LogP contribution in [0.4, 0.5) is 19.0 Å². The predicted molar refractivity (Wildman–Crippen MR) is 95.5 cm³/mol. The summed E-state index contributed by atoms with van der Waals surface area (Å²) in [6.07, 6.45) is -2.29. The van der Waals surface area contributed by atoms with Gasteiger partial charge in [-0.05, 0) is 13.0 Å². The molecule has 1 fully saturated rings. The van der Waals surface area contributed by atoms with Crippen LogP contribution in [-0.4, -0.2) is 66.7 Å². The number of ketones is 1. The molecule has 0 N–H and O–H groups in total. The van der Waals surface area contributed by atoms with Crippen molar-refractivity contribution in [2.75, 3.05) is 45.2 Å². The third kappa shape index (κ3) is 5.12. The zero-order valence-corrected chi connectivity index (χ0v) is 15.9. The number of hydrogen-bond donors (Lipinski definition) is 0. The molecule has 0 bridgehead atoms. The number of piperazine rings is 1. The standard InChI is InChI=1S/C17H20ClF3N4O2/c1-11(26)13(10-23(2)3)16(27)25-6-4-24(5-7-25)15-14(18)8-12(9-22-15)17(19,20)21/h8-10H,4-7H2,1-3H3. The summed E-state index contributed by atoms with van der Waals surface area (Å²) in [4.78, 5) is 33.0. The van der Waals surface area contributed by atoms with Crippen LogP contribution in [0.3, 0.4) is 0 Å². The van der Waals surface area contributed by atoms with Crippen molar-refractivity contribution in [3.8, 4) is 0 Å². The molecule has 1 aromatic heterocycles. The van der Waals surface area contributed by atoms with Gasteiger partial charge in [0.25, 0.3) is 5.91 Å². The second-order valence-electron chi connectivity index (χ2n) is 6.37. The van der Waals surface area contributed by atoms with Crippen LogP contribution in [0.15, 0.2) is 24.0 Å². The lowest BCUT2D eigenvalue weighted by atomic mass is 10.1. The summed E-state index contributed by atoms with van der Waals surface area (Å²) in [5.74, 6) is -0.460. The van der Waals surface area contributed by atoms with Gasteiger partial charge >= 0.3 is 6.18 Å². The van der Waals surface area contributed by atoms with Gasteiger partial charge < -0.3 is 14.7 Å². The number of carbonyl (C=O) groups is 2. The van der Waals surface area contributed by atoms with Crippen LogP contribution in [0.1, 0.15) is 12.5 Å². The van der Waals surface area contributed by atoms with Crippen molar-refractivity contribution in [3.63, 3.8) is 0 Å². The number of nitrogens with zero attached hydrogens (tertiary/aromatic N) is 4. The van der Waals surface area contributed by atoms with Gasteiger partial charge in [0.2, 0.25) is 0 Å². The molecule has 148 valence electrons. The first-order valence-corrected chi connectivity index (χ1v) is 8.54. The number of hydrogen-bond acceptors (Lipinski definition) is 5. The quantitative estimate of drug-likeness (QED) is 0.438. The van der Waals surface area contributed by atoms with Crippen molar-refractivity contribution in [3.05, 3.63) is 34.6 Å². The highest BCUT2D eigenvalue weighted by Crippen LogP contribution is 2.33. The minimum absolute atomic E-state index is 0.0825. The Balaban J connectivity index is 2.09. The SMILES string of the molecule is CC(=O)C(=CN(C)C)C(=O)N1CCN(c2ncc(C(F)(F)F)cc2Cl)CC1. The Morgan fingerprint density at radius 3 is 2.26 bits per heavy atom. The van der Waals surface area contributed by atoms with Crippen LogP contribution in [0, 0.1) is 0 Å². The second kappa shape index (κ2) is 8.16. The molecule has 0 saturated carbocycles. The molecule has 1 aliphatic heterocycles. The first-order chi connectivity index (χ1) is 12.5. The summed E-state index contributed by atoms with van der Waals surface area (Å²) in [5.41, 5.74) is -0.830. The Morgan fingerprint density at radius 2 is 1.81 bits per heavy atom. The molecule has 1 aliphatic rings. The average molecular weight is 405 g/mol. The van der Waals surface area contributed by atoms with Crippen molar-refractivity contribution < 1.29 is 22.8 Å². The van der Waals surface area contributed by atoms with E-state index in [4.69, 9.17) is 11.6 Å². The summed E-state index contributed by atoms with van der Waals surface area (Å²) in [6.45, 7) is 2.62. The van der Waals surface area contributed by atoms with E-state index in [2.05, 4.69) is 4.98 Å². The minimum Gasteiger partial charge on any atom is -0.383 e. The number of amides is 1. The van der Waals surface area contributed by atoms with Gasteiger partial charge in [0.05, 0.1) is 16.2 Å². The van der Waals surface area contributed by atoms with E-state index in [1.807, 2.05) is 0 Å². The third-order valence-corrected chi connectivity index (χ3v) is 4.29. The van der Waals surface area contributed by atoms with Gasteiger partial charge in [-0.1, -0.05) is 11.6 Å². The minimum atomic E-state index is -4.51. The molecule has 0 aromatic carbocycles. The Labute approximate surface area is 160 Å². The number of carbonyl (C=O) groups excluding carboxylic acids is 2. The molecule has 1 saturated heterocycles. The fourth-order valence-electron chi connectivity index (χ4n) is 2.67. The van der Waals surface area contributed by atoms with Crippen molar-refractivity contribution in [2.24, 2.45) is 0 Å². The van der Waals surface area contributed by atoms with Crippen LogP contribution in [0.25, 0.3) is 0 Å². The van der Waals surface area contributed by atoms with Crippen LogP contribution in [-0.2, 0) is 15.8 Å². The molecule has 6 nitrogen and oxygen atoms in total. The number of rotatable bonds is 4. The maximum atomic E-state index is 12.7. The fourth-order valence-corrected chi connectivity index (χ4v) is 2.95. The number of halogens is 4. The molecule has 2 rings (SSSR count). The smallest absolute Gasteiger partial charge is 0.383 e. The highest BCUT2D eigenvalue weighted by molar-refractivity contribution is 6.33. The number of alkyl halides is 3. The van der Waals surface area contributed by atoms with Crippen molar-refractivity contribution in [1.82, 2.24) is 14.8 Å². The molecule has 0 aliphatic carbocycles. The van der Waals surface area contributed by atoms with Crippen molar-refractivity contribution in [1.29, 1.82) is 0 Å². The van der Waals surface area contributed by atoms with Gasteiger partial charge in [0.15, 0.2) is 5.78 Å². The van der Waals surface area contributed by atoms with Crippen LogP contribution >= 0.6 is 11.6 Å². The maximum Gasteiger partial charge on any atom is 0.417 e. The van der Waals surface area contributed by atoms with Gasteiger partial charge in [-0.25, -0.2) is 4.98 Å². The lowest BCUT2D eigenvalue weighted by Gasteiger charge is -2.36. The largest absolute Gasteiger partial charge is 0.417 e. The van der Waals surface area contributed by atoms with E-state index in [-0.39, 0.29) is 28.1 Å². The monoisotopic (exact) mass is 404 g/mol. The van der Waals surface area contributed by atoms with Crippen molar-refractivity contribution in [2.45, 2.75) is 13.1 Å². The second-order valence-corrected chi connectivity index (χ2v) is 6.78. The molecule has 0 atom stereocenters. The highest BCUT2D eigenvalue weighted by atomic mass is 35.5. The van der Waals surface area contributed by atoms with E-state index in [0.29, 0.717) is 26.2 Å². The average Bonchev–Trinajstić information content (AvgIpc) is 2.58. The Kier molecular flexibility index (Phi) is 6.35. The molecule has 27 heavy (non-hydrogen) atoms. The summed E-state index contributed by atoms with van der Waals surface area (Å²) in [7, 11) is 3.43. The molecular formula is C17H20ClF3N4O2. The normalized spacial score (nSPS) is 15.7. The topological polar surface area (TPSA) is 56.8 Å². The Hall–Kier alpha value is -2.29. The fraction of sp³-hybridized carbons (Fsp3) is 0.471. The molecule has 2 heterocycles. The van der Waals surface area contributed by atoms with E-state index in [9.17, 15) is 22.8 Å². The first kappa shape index (κ1) is 21.0. The number of Topliss-reactive ketones (excluding diaryl/α,β-unsaturated/α-hetero) is 1. The maximum absolute atomic E-state index is 12.7. The molecule has 1 amide bonds. The lowest BCUT2D eigenvalue weighted by Crippen LogP contribution is -2.50. The zero-order chi connectivity index (χ0) is 20.4. The molecule has 0 radical (unpaired) electrons. The molecule has 10 heteroatoms. The molecule has 0 unspecified atom stereocenters. The molecule has 1 aromatic rings. The van der Waals surface area contributed by atoms with E-state index >= 15 is 0 Å². The first-order valence-electron chi connectivity index (χ1n) is 8.17. The molecular weight excluding hydrogens is 385 g/mol. The third-order valence-electron chi connectivity index (χ3n) is 4.01. The predicted octanol–water partition coefficient (Wildman–Crippen LogP) is 2.44. The highest BCUT2D eigenvalue weighted by Gasteiger charge is 2.33. The Morgan fingerprint density at radius 1 is 1.22 bits per heavy atom. The van der Waals surface area contributed by atoms with E-state index < -0.39 is 11.7 Å². The summed E-state index contributed by atoms with van der Waals surface area (Å²) < 4.78 is 38.2. The van der Waals surface area contributed by atoms with Gasteiger partial charge in [0, 0.05) is 52.7 Å². The van der Waals surface area contributed by atoms with Gasteiger partial charge in [0.1, 0.15) is 5.82 Å². The van der Waals surface area contributed by atoms with Crippen LogP contribution in [0.2, 0.25) is 5.02 Å².